The Bertz CT molecular complexity index is 579. The number of carbonyl (C=O) groups is 1. The Morgan fingerprint density at radius 1 is 1.56 bits per heavy atom. The van der Waals surface area contributed by atoms with Crippen molar-refractivity contribution in [3.05, 3.63) is 41.5 Å². The molecule has 18 heavy (non-hydrogen) atoms. The van der Waals surface area contributed by atoms with Crippen molar-refractivity contribution in [2.45, 2.75) is 6.61 Å². The van der Waals surface area contributed by atoms with Crippen molar-refractivity contribution in [3.63, 3.8) is 0 Å². The van der Waals surface area contributed by atoms with Gasteiger partial charge in [-0.15, -0.1) is 0 Å². The van der Waals surface area contributed by atoms with E-state index in [1.54, 1.807) is 0 Å². The third-order valence-electron chi connectivity index (χ3n) is 2.34. The lowest BCUT2D eigenvalue weighted by molar-refractivity contribution is 0.0595. The van der Waals surface area contributed by atoms with Gasteiger partial charge in [0.2, 0.25) is 5.89 Å². The lowest BCUT2D eigenvalue weighted by Crippen LogP contribution is -2.04. The number of oxazole rings is 1. The molecule has 0 radical (unpaired) electrons. The molecule has 1 aromatic carbocycles. The Labute approximate surface area is 102 Å². The maximum Gasteiger partial charge on any atom is 0.340 e. The second-order valence-electron chi connectivity index (χ2n) is 3.49. The molecule has 0 saturated carbocycles. The maximum atomic E-state index is 13.6. The topological polar surface area (TPSA) is 72.6 Å². The first-order chi connectivity index (χ1) is 8.65. The maximum absolute atomic E-state index is 13.6. The average molecular weight is 251 g/mol. The number of nitrogens with zero attached hydrogens (tertiary/aromatic N) is 1. The first kappa shape index (κ1) is 12.3. The van der Waals surface area contributed by atoms with Crippen LogP contribution in [-0.4, -0.2) is 23.2 Å². The summed E-state index contributed by atoms with van der Waals surface area (Å²) in [6.07, 6.45) is 1.28. The van der Waals surface area contributed by atoms with E-state index in [1.165, 1.54) is 25.5 Å². The second kappa shape index (κ2) is 4.97. The highest BCUT2D eigenvalue weighted by molar-refractivity contribution is 5.90. The predicted octanol–water partition coefficient (Wildman–Crippen LogP) is 1.76. The predicted molar refractivity (Wildman–Crippen MR) is 59.2 cm³/mol. The molecule has 94 valence electrons. The standard InChI is InChI=1S/C12H10FNO4/c1-17-12(16)9-3-2-7(4-10(9)13)11-14-8(5-15)6-18-11/h2-4,6,15H,5H2,1H3. The van der Waals surface area contributed by atoms with Crippen LogP contribution < -0.4 is 0 Å². The van der Waals surface area contributed by atoms with Crippen LogP contribution in [0.3, 0.4) is 0 Å². The number of halogens is 1. The number of carbonyl (C=O) groups excluding carboxylic acids is 1. The Balaban J connectivity index is 2.36. The van der Waals surface area contributed by atoms with Crippen LogP contribution in [0.2, 0.25) is 0 Å². The minimum atomic E-state index is -0.748. The number of esters is 1. The number of benzene rings is 1. The van der Waals surface area contributed by atoms with Gasteiger partial charge in [0.15, 0.2) is 0 Å². The van der Waals surface area contributed by atoms with E-state index in [2.05, 4.69) is 9.72 Å². The van der Waals surface area contributed by atoms with E-state index in [-0.39, 0.29) is 18.1 Å². The summed E-state index contributed by atoms with van der Waals surface area (Å²) < 4.78 is 23.1. The van der Waals surface area contributed by atoms with Gasteiger partial charge >= 0.3 is 5.97 Å². The summed E-state index contributed by atoms with van der Waals surface area (Å²) in [5.74, 6) is -1.29. The van der Waals surface area contributed by atoms with Gasteiger partial charge in [-0.1, -0.05) is 0 Å². The fourth-order valence-electron chi connectivity index (χ4n) is 1.44. The van der Waals surface area contributed by atoms with E-state index in [1.807, 2.05) is 0 Å². The van der Waals surface area contributed by atoms with Crippen molar-refractivity contribution in [2.75, 3.05) is 7.11 Å². The fourth-order valence-corrected chi connectivity index (χ4v) is 1.44. The molecule has 0 fully saturated rings. The molecule has 0 bridgehead atoms. The van der Waals surface area contributed by atoms with Crippen LogP contribution in [-0.2, 0) is 11.3 Å². The first-order valence-electron chi connectivity index (χ1n) is 5.09. The number of ether oxygens (including phenoxy) is 1. The minimum absolute atomic E-state index is 0.157. The molecule has 0 amide bonds. The molecule has 2 aromatic rings. The van der Waals surface area contributed by atoms with Gasteiger partial charge in [-0.2, -0.15) is 0 Å². The first-order valence-corrected chi connectivity index (χ1v) is 5.09. The third-order valence-corrected chi connectivity index (χ3v) is 2.34. The Kier molecular flexibility index (Phi) is 3.38. The van der Waals surface area contributed by atoms with Gasteiger partial charge < -0.3 is 14.3 Å². The van der Waals surface area contributed by atoms with Crippen LogP contribution >= 0.6 is 0 Å². The van der Waals surface area contributed by atoms with Gasteiger partial charge in [0, 0.05) is 5.56 Å². The van der Waals surface area contributed by atoms with Gasteiger partial charge in [0.05, 0.1) is 19.3 Å². The Hall–Kier alpha value is -2.21. The van der Waals surface area contributed by atoms with Crippen molar-refractivity contribution in [2.24, 2.45) is 0 Å². The monoisotopic (exact) mass is 251 g/mol. The minimum Gasteiger partial charge on any atom is -0.465 e. The molecular formula is C12H10FNO4. The number of methoxy groups -OCH3 is 1. The molecule has 0 saturated heterocycles. The molecule has 1 heterocycles. The summed E-state index contributed by atoms with van der Waals surface area (Å²) in [6.45, 7) is -0.258. The van der Waals surface area contributed by atoms with Crippen molar-refractivity contribution in [3.8, 4) is 11.5 Å². The van der Waals surface area contributed by atoms with Crippen molar-refractivity contribution < 1.29 is 23.4 Å². The normalized spacial score (nSPS) is 10.4. The zero-order valence-corrected chi connectivity index (χ0v) is 9.51. The molecule has 0 aliphatic heterocycles. The number of aromatic nitrogens is 1. The van der Waals surface area contributed by atoms with Crippen LogP contribution in [0.4, 0.5) is 4.39 Å². The molecule has 2 rings (SSSR count). The molecule has 0 aliphatic carbocycles. The molecule has 0 spiro atoms. The van der Waals surface area contributed by atoms with E-state index in [9.17, 15) is 9.18 Å². The SMILES string of the molecule is COC(=O)c1ccc(-c2nc(CO)co2)cc1F. The zero-order chi connectivity index (χ0) is 13.1. The summed E-state index contributed by atoms with van der Waals surface area (Å²) in [5, 5.41) is 8.84. The Morgan fingerprint density at radius 2 is 2.33 bits per heavy atom. The quantitative estimate of drug-likeness (QED) is 0.841. The number of aliphatic hydroxyl groups excluding tert-OH is 1. The molecular weight excluding hydrogens is 241 g/mol. The zero-order valence-electron chi connectivity index (χ0n) is 9.51. The van der Waals surface area contributed by atoms with Crippen LogP contribution in [0.15, 0.2) is 28.9 Å². The molecule has 5 nitrogen and oxygen atoms in total. The fraction of sp³-hybridized carbons (Fsp3) is 0.167. The molecule has 1 aromatic heterocycles. The van der Waals surface area contributed by atoms with E-state index in [0.717, 1.165) is 6.07 Å². The van der Waals surface area contributed by atoms with Crippen molar-refractivity contribution >= 4 is 5.97 Å². The van der Waals surface area contributed by atoms with Gasteiger partial charge in [0.25, 0.3) is 0 Å². The van der Waals surface area contributed by atoms with Gasteiger partial charge in [-0.05, 0) is 18.2 Å². The molecule has 6 heteroatoms. The second-order valence-corrected chi connectivity index (χ2v) is 3.49. The van der Waals surface area contributed by atoms with Gasteiger partial charge in [-0.3, -0.25) is 0 Å². The Morgan fingerprint density at radius 3 is 2.89 bits per heavy atom. The lowest BCUT2D eigenvalue weighted by Gasteiger charge is -2.02. The number of hydrogen-bond donors (Lipinski definition) is 1. The van der Waals surface area contributed by atoms with Crippen molar-refractivity contribution in [1.82, 2.24) is 4.98 Å². The van der Waals surface area contributed by atoms with Crippen LogP contribution in [0.25, 0.3) is 11.5 Å². The molecule has 0 atom stereocenters. The highest BCUT2D eigenvalue weighted by Gasteiger charge is 2.14. The molecule has 0 unspecified atom stereocenters. The highest BCUT2D eigenvalue weighted by atomic mass is 19.1. The van der Waals surface area contributed by atoms with Crippen molar-refractivity contribution in [1.29, 1.82) is 0 Å². The van der Waals surface area contributed by atoms with Gasteiger partial charge in [0.1, 0.15) is 17.8 Å². The summed E-state index contributed by atoms with van der Waals surface area (Å²) in [6, 6.07) is 3.90. The number of rotatable bonds is 3. The van der Waals surface area contributed by atoms with Gasteiger partial charge in [-0.25, -0.2) is 14.2 Å². The number of aliphatic hydroxyl groups is 1. The van der Waals surface area contributed by atoms with Crippen LogP contribution in [0.5, 0.6) is 0 Å². The summed E-state index contributed by atoms with van der Waals surface area (Å²) >= 11 is 0. The average Bonchev–Trinajstić information content (AvgIpc) is 2.86. The molecule has 0 aliphatic rings. The van der Waals surface area contributed by atoms with Crippen LogP contribution in [0.1, 0.15) is 16.1 Å². The third kappa shape index (κ3) is 2.23. The van der Waals surface area contributed by atoms with E-state index < -0.39 is 11.8 Å². The molecule has 1 N–H and O–H groups in total. The van der Waals surface area contributed by atoms with E-state index in [0.29, 0.717) is 11.3 Å². The summed E-state index contributed by atoms with van der Waals surface area (Å²) in [4.78, 5) is 15.1. The largest absolute Gasteiger partial charge is 0.465 e. The van der Waals surface area contributed by atoms with E-state index in [4.69, 9.17) is 9.52 Å². The van der Waals surface area contributed by atoms with Crippen LogP contribution in [0, 0.1) is 5.82 Å². The van der Waals surface area contributed by atoms with E-state index >= 15 is 0 Å². The lowest BCUT2D eigenvalue weighted by atomic mass is 10.1. The summed E-state index contributed by atoms with van der Waals surface area (Å²) in [5.41, 5.74) is 0.567. The smallest absolute Gasteiger partial charge is 0.340 e. The number of hydrogen-bond acceptors (Lipinski definition) is 5. The summed E-state index contributed by atoms with van der Waals surface area (Å²) in [7, 11) is 1.18. The highest BCUT2D eigenvalue weighted by Crippen LogP contribution is 2.21.